The van der Waals surface area contributed by atoms with Crippen molar-refractivity contribution in [2.24, 2.45) is 5.10 Å². The number of halogens is 2. The molecule has 3 rings (SSSR count). The maximum Gasteiger partial charge on any atom is 0.284 e. The van der Waals surface area contributed by atoms with Crippen molar-refractivity contribution in [1.29, 1.82) is 0 Å². The second-order valence-corrected chi connectivity index (χ2v) is 5.16. The van der Waals surface area contributed by atoms with Crippen molar-refractivity contribution < 1.29 is 23.0 Å². The number of nitrogens with zero attached hydrogens (tertiary/aromatic N) is 1. The number of carbonyl (C=O) groups is 1. The number of para-hydroxylation sites is 2. The van der Waals surface area contributed by atoms with Gasteiger partial charge in [0.25, 0.3) is 5.91 Å². The molecule has 1 N–H and O–H groups in total. The van der Waals surface area contributed by atoms with Crippen LogP contribution in [0.2, 0.25) is 0 Å². The van der Waals surface area contributed by atoms with E-state index < -0.39 is 23.6 Å². The van der Waals surface area contributed by atoms with E-state index in [1.807, 2.05) is 0 Å². The van der Waals surface area contributed by atoms with Gasteiger partial charge < -0.3 is 9.47 Å². The number of hydrogen-bond acceptors (Lipinski definition) is 4. The van der Waals surface area contributed by atoms with Crippen molar-refractivity contribution >= 4 is 11.6 Å². The molecular weight excluding hydrogens is 318 g/mol. The van der Waals surface area contributed by atoms with Gasteiger partial charge >= 0.3 is 0 Å². The van der Waals surface area contributed by atoms with E-state index in [2.05, 4.69) is 10.5 Å². The van der Waals surface area contributed by atoms with Crippen LogP contribution < -0.4 is 14.9 Å². The van der Waals surface area contributed by atoms with Gasteiger partial charge in [0.15, 0.2) is 11.5 Å². The van der Waals surface area contributed by atoms with Crippen molar-refractivity contribution in [3.63, 3.8) is 0 Å². The molecule has 1 aliphatic heterocycles. The van der Waals surface area contributed by atoms with Crippen LogP contribution in [0.25, 0.3) is 0 Å². The molecule has 0 radical (unpaired) electrons. The number of carbonyl (C=O) groups excluding carboxylic acids is 1. The van der Waals surface area contributed by atoms with Crippen LogP contribution in [0.1, 0.15) is 12.5 Å². The zero-order valence-electron chi connectivity index (χ0n) is 12.8. The molecule has 0 saturated carbocycles. The highest BCUT2D eigenvalue weighted by atomic mass is 19.1. The topological polar surface area (TPSA) is 59.9 Å². The fraction of sp³-hybridized carbons (Fsp3) is 0.176. The second-order valence-electron chi connectivity index (χ2n) is 5.16. The standard InChI is InChI=1S/C17H14F2N2O3/c1-10(12-7-6-11(18)8-13(12)19)20-21-17(22)16-9-23-14-4-2-3-5-15(14)24-16/h2-8,16H,9H2,1H3,(H,21,22)/b20-10+. The summed E-state index contributed by atoms with van der Waals surface area (Å²) in [6.45, 7) is 1.55. The minimum atomic E-state index is -0.866. The summed E-state index contributed by atoms with van der Waals surface area (Å²) in [5, 5.41) is 3.84. The summed E-state index contributed by atoms with van der Waals surface area (Å²) >= 11 is 0. The number of nitrogens with one attached hydrogen (secondary N) is 1. The quantitative estimate of drug-likeness (QED) is 0.694. The molecule has 1 heterocycles. The van der Waals surface area contributed by atoms with E-state index in [1.165, 1.54) is 13.0 Å². The van der Waals surface area contributed by atoms with Crippen LogP contribution in [-0.2, 0) is 4.79 Å². The lowest BCUT2D eigenvalue weighted by Crippen LogP contribution is -2.42. The average molecular weight is 332 g/mol. The average Bonchev–Trinajstić information content (AvgIpc) is 2.59. The largest absolute Gasteiger partial charge is 0.485 e. The first-order valence-corrected chi connectivity index (χ1v) is 7.22. The monoisotopic (exact) mass is 332 g/mol. The molecule has 1 atom stereocenters. The van der Waals surface area contributed by atoms with Crippen LogP contribution in [0, 0.1) is 11.6 Å². The molecule has 1 aliphatic rings. The van der Waals surface area contributed by atoms with E-state index in [9.17, 15) is 13.6 Å². The van der Waals surface area contributed by atoms with Gasteiger partial charge in [-0.15, -0.1) is 0 Å². The van der Waals surface area contributed by atoms with E-state index >= 15 is 0 Å². The van der Waals surface area contributed by atoms with Gasteiger partial charge in [0.05, 0.1) is 5.71 Å². The minimum absolute atomic E-state index is 0.0440. The molecular formula is C17H14F2N2O3. The molecule has 1 amide bonds. The molecule has 0 spiro atoms. The van der Waals surface area contributed by atoms with Gasteiger partial charge in [-0.1, -0.05) is 12.1 Å². The lowest BCUT2D eigenvalue weighted by atomic mass is 10.1. The summed E-state index contributed by atoms with van der Waals surface area (Å²) in [7, 11) is 0. The maximum atomic E-state index is 13.7. The van der Waals surface area contributed by atoms with Crippen LogP contribution in [0.5, 0.6) is 11.5 Å². The Hall–Kier alpha value is -2.96. The van der Waals surface area contributed by atoms with E-state index in [1.54, 1.807) is 24.3 Å². The van der Waals surface area contributed by atoms with Gasteiger partial charge in [0.1, 0.15) is 18.2 Å². The predicted molar refractivity (Wildman–Crippen MR) is 83.1 cm³/mol. The predicted octanol–water partition coefficient (Wildman–Crippen LogP) is 2.65. The third-order valence-corrected chi connectivity index (χ3v) is 3.46. The first kappa shape index (κ1) is 15.9. The third kappa shape index (κ3) is 3.34. The first-order valence-electron chi connectivity index (χ1n) is 7.22. The maximum absolute atomic E-state index is 13.7. The number of fused-ring (bicyclic) bond motifs is 1. The third-order valence-electron chi connectivity index (χ3n) is 3.46. The first-order chi connectivity index (χ1) is 11.5. The Morgan fingerprint density at radius 3 is 2.71 bits per heavy atom. The Kier molecular flexibility index (Phi) is 4.41. The Labute approximate surface area is 136 Å². The van der Waals surface area contributed by atoms with Crippen molar-refractivity contribution in [3.8, 4) is 11.5 Å². The van der Waals surface area contributed by atoms with E-state index in [0.29, 0.717) is 11.5 Å². The van der Waals surface area contributed by atoms with E-state index in [0.717, 1.165) is 12.1 Å². The minimum Gasteiger partial charge on any atom is -0.485 e. The Morgan fingerprint density at radius 2 is 1.96 bits per heavy atom. The molecule has 0 aliphatic carbocycles. The fourth-order valence-electron chi connectivity index (χ4n) is 2.20. The van der Waals surface area contributed by atoms with E-state index in [-0.39, 0.29) is 17.9 Å². The molecule has 7 heteroatoms. The summed E-state index contributed by atoms with van der Waals surface area (Å²) in [6, 6.07) is 10.1. The van der Waals surface area contributed by atoms with Crippen molar-refractivity contribution in [2.45, 2.75) is 13.0 Å². The highest BCUT2D eigenvalue weighted by Gasteiger charge is 2.27. The fourth-order valence-corrected chi connectivity index (χ4v) is 2.20. The van der Waals surface area contributed by atoms with Crippen LogP contribution >= 0.6 is 0 Å². The van der Waals surface area contributed by atoms with Crippen LogP contribution in [0.3, 0.4) is 0 Å². The highest BCUT2D eigenvalue weighted by Crippen LogP contribution is 2.30. The van der Waals surface area contributed by atoms with Crippen LogP contribution in [0.15, 0.2) is 47.6 Å². The van der Waals surface area contributed by atoms with Crippen LogP contribution in [0.4, 0.5) is 8.78 Å². The van der Waals surface area contributed by atoms with Gasteiger partial charge in [-0.3, -0.25) is 4.79 Å². The lowest BCUT2D eigenvalue weighted by Gasteiger charge is -2.24. The molecule has 24 heavy (non-hydrogen) atoms. The molecule has 2 aromatic carbocycles. The number of hydrazone groups is 1. The zero-order chi connectivity index (χ0) is 17.1. The van der Waals surface area contributed by atoms with Crippen molar-refractivity contribution in [1.82, 2.24) is 5.43 Å². The highest BCUT2D eigenvalue weighted by molar-refractivity contribution is 5.99. The zero-order valence-corrected chi connectivity index (χ0v) is 12.8. The molecule has 0 bridgehead atoms. The van der Waals surface area contributed by atoms with Gasteiger partial charge in [0.2, 0.25) is 6.10 Å². The number of hydrogen-bond donors (Lipinski definition) is 1. The lowest BCUT2D eigenvalue weighted by molar-refractivity contribution is -0.130. The number of amides is 1. The number of rotatable bonds is 3. The Balaban J connectivity index is 1.67. The van der Waals surface area contributed by atoms with Gasteiger partial charge in [-0.25, -0.2) is 14.2 Å². The molecule has 0 saturated heterocycles. The SMILES string of the molecule is C/C(=N\NC(=O)C1COc2ccccc2O1)c1ccc(F)cc1F. The summed E-state index contributed by atoms with van der Waals surface area (Å²) in [5.41, 5.74) is 2.61. The summed E-state index contributed by atoms with van der Waals surface area (Å²) < 4.78 is 37.6. The van der Waals surface area contributed by atoms with Crippen LogP contribution in [-0.4, -0.2) is 24.3 Å². The molecule has 0 fully saturated rings. The van der Waals surface area contributed by atoms with Gasteiger partial charge in [0, 0.05) is 11.6 Å². The molecule has 2 aromatic rings. The van der Waals surface area contributed by atoms with Crippen molar-refractivity contribution in [2.75, 3.05) is 6.61 Å². The Morgan fingerprint density at radius 1 is 1.21 bits per heavy atom. The van der Waals surface area contributed by atoms with Crippen molar-refractivity contribution in [3.05, 3.63) is 59.7 Å². The smallest absolute Gasteiger partial charge is 0.284 e. The van der Waals surface area contributed by atoms with Gasteiger partial charge in [-0.05, 0) is 31.2 Å². The Bertz CT molecular complexity index is 808. The number of benzene rings is 2. The molecule has 5 nitrogen and oxygen atoms in total. The molecule has 124 valence electrons. The molecule has 0 aromatic heterocycles. The number of ether oxygens (including phenoxy) is 2. The summed E-state index contributed by atoms with van der Waals surface area (Å²) in [6.07, 6.45) is -0.866. The second kappa shape index (κ2) is 6.66. The summed E-state index contributed by atoms with van der Waals surface area (Å²) in [4.78, 5) is 12.1. The molecule has 1 unspecified atom stereocenters. The van der Waals surface area contributed by atoms with Gasteiger partial charge in [-0.2, -0.15) is 5.10 Å². The van der Waals surface area contributed by atoms with E-state index in [4.69, 9.17) is 9.47 Å². The summed E-state index contributed by atoms with van der Waals surface area (Å²) in [5.74, 6) is -0.925. The normalized spacial score (nSPS) is 16.6.